The molecule has 4 nitrogen and oxygen atoms in total. The van der Waals surface area contributed by atoms with Gasteiger partial charge in [0, 0.05) is 30.9 Å². The van der Waals surface area contributed by atoms with Gasteiger partial charge >= 0.3 is 0 Å². The van der Waals surface area contributed by atoms with E-state index >= 15 is 0 Å². The van der Waals surface area contributed by atoms with Gasteiger partial charge in [0.05, 0.1) is 0 Å². The van der Waals surface area contributed by atoms with Crippen LogP contribution in [-0.4, -0.2) is 30.0 Å². The van der Waals surface area contributed by atoms with Gasteiger partial charge in [-0.1, -0.05) is 23.8 Å². The molecule has 1 fully saturated rings. The van der Waals surface area contributed by atoms with Crippen LogP contribution in [-0.2, 0) is 0 Å². The number of nitrogens with zero attached hydrogens (tertiary/aromatic N) is 2. The van der Waals surface area contributed by atoms with Crippen molar-refractivity contribution in [3.8, 4) is 0 Å². The molecule has 1 amide bonds. The van der Waals surface area contributed by atoms with Crippen LogP contribution in [0.15, 0.2) is 48.7 Å². The molecule has 0 aliphatic carbocycles. The van der Waals surface area contributed by atoms with Crippen LogP contribution < -0.4 is 10.2 Å². The average Bonchev–Trinajstić information content (AvgIpc) is 2.57. The maximum absolute atomic E-state index is 12.2. The van der Waals surface area contributed by atoms with Crippen molar-refractivity contribution in [2.45, 2.75) is 25.8 Å². The molecule has 0 atom stereocenters. The molecule has 0 bridgehead atoms. The number of aryl methyl sites for hydroxylation is 1. The quantitative estimate of drug-likeness (QED) is 0.947. The van der Waals surface area contributed by atoms with E-state index in [1.54, 1.807) is 0 Å². The van der Waals surface area contributed by atoms with Gasteiger partial charge in [0.25, 0.3) is 5.91 Å². The van der Waals surface area contributed by atoms with Gasteiger partial charge in [0.1, 0.15) is 5.82 Å². The number of carbonyl (C=O) groups is 1. The summed E-state index contributed by atoms with van der Waals surface area (Å²) in [6.45, 7) is 3.88. The summed E-state index contributed by atoms with van der Waals surface area (Å²) in [4.78, 5) is 18.9. The van der Waals surface area contributed by atoms with Gasteiger partial charge in [-0.2, -0.15) is 0 Å². The van der Waals surface area contributed by atoms with Gasteiger partial charge in [-0.05, 0) is 44.0 Å². The van der Waals surface area contributed by atoms with Crippen LogP contribution in [0.5, 0.6) is 0 Å². The summed E-state index contributed by atoms with van der Waals surface area (Å²) in [5.74, 6) is 1.04. The molecule has 22 heavy (non-hydrogen) atoms. The smallest absolute Gasteiger partial charge is 0.251 e. The lowest BCUT2D eigenvalue weighted by Crippen LogP contribution is -2.44. The lowest BCUT2D eigenvalue weighted by Gasteiger charge is -2.33. The van der Waals surface area contributed by atoms with Crippen LogP contribution in [0.2, 0.25) is 0 Å². The van der Waals surface area contributed by atoms with Gasteiger partial charge in [-0.3, -0.25) is 4.79 Å². The van der Waals surface area contributed by atoms with E-state index in [1.165, 1.54) is 5.56 Å². The topological polar surface area (TPSA) is 45.2 Å². The molecule has 1 aliphatic rings. The van der Waals surface area contributed by atoms with Gasteiger partial charge in [-0.15, -0.1) is 0 Å². The second-order valence-electron chi connectivity index (χ2n) is 5.79. The number of hydrogen-bond donors (Lipinski definition) is 1. The molecule has 114 valence electrons. The number of anilines is 1. The Kier molecular flexibility index (Phi) is 4.37. The fourth-order valence-electron chi connectivity index (χ4n) is 2.77. The Hall–Kier alpha value is -2.36. The fraction of sp³-hybridized carbons (Fsp3) is 0.333. The third kappa shape index (κ3) is 3.45. The van der Waals surface area contributed by atoms with E-state index in [1.807, 2.05) is 55.6 Å². The molecular formula is C18H21N3O. The van der Waals surface area contributed by atoms with Crippen molar-refractivity contribution in [3.63, 3.8) is 0 Å². The van der Waals surface area contributed by atoms with E-state index in [4.69, 9.17) is 0 Å². The third-order valence-electron chi connectivity index (χ3n) is 4.12. The molecule has 0 radical (unpaired) electrons. The minimum absolute atomic E-state index is 0.0243. The van der Waals surface area contributed by atoms with Crippen molar-refractivity contribution in [2.24, 2.45) is 0 Å². The minimum atomic E-state index is 0.0243. The van der Waals surface area contributed by atoms with Crippen molar-refractivity contribution in [1.82, 2.24) is 10.3 Å². The molecule has 1 aromatic carbocycles. The van der Waals surface area contributed by atoms with E-state index < -0.39 is 0 Å². The highest BCUT2D eigenvalue weighted by Gasteiger charge is 2.21. The van der Waals surface area contributed by atoms with Crippen LogP contribution in [0.4, 0.5) is 5.82 Å². The normalized spacial score (nSPS) is 15.6. The second kappa shape index (κ2) is 6.60. The Labute approximate surface area is 131 Å². The summed E-state index contributed by atoms with van der Waals surface area (Å²) in [6.07, 6.45) is 3.73. The number of amides is 1. The summed E-state index contributed by atoms with van der Waals surface area (Å²) >= 11 is 0. The minimum Gasteiger partial charge on any atom is -0.356 e. The lowest BCUT2D eigenvalue weighted by molar-refractivity contribution is 0.0931. The highest BCUT2D eigenvalue weighted by Crippen LogP contribution is 2.17. The molecule has 1 saturated heterocycles. The van der Waals surface area contributed by atoms with Crippen LogP contribution in [0.1, 0.15) is 28.8 Å². The number of aromatic nitrogens is 1. The van der Waals surface area contributed by atoms with E-state index in [-0.39, 0.29) is 11.9 Å². The first-order valence-electron chi connectivity index (χ1n) is 7.76. The van der Waals surface area contributed by atoms with Gasteiger partial charge in [-0.25, -0.2) is 4.98 Å². The van der Waals surface area contributed by atoms with Gasteiger partial charge in [0.2, 0.25) is 0 Å². The molecule has 2 aromatic rings. The first-order valence-corrected chi connectivity index (χ1v) is 7.76. The fourth-order valence-corrected chi connectivity index (χ4v) is 2.77. The zero-order chi connectivity index (χ0) is 15.4. The van der Waals surface area contributed by atoms with Crippen molar-refractivity contribution in [1.29, 1.82) is 0 Å². The second-order valence-corrected chi connectivity index (χ2v) is 5.79. The summed E-state index contributed by atoms with van der Waals surface area (Å²) in [6, 6.07) is 13.9. The molecule has 3 rings (SSSR count). The first-order chi connectivity index (χ1) is 10.7. The zero-order valence-electron chi connectivity index (χ0n) is 12.8. The molecule has 0 unspecified atom stereocenters. The van der Waals surface area contributed by atoms with Gasteiger partial charge < -0.3 is 10.2 Å². The zero-order valence-corrected chi connectivity index (χ0v) is 12.8. The predicted molar refractivity (Wildman–Crippen MR) is 88.1 cm³/mol. The van der Waals surface area contributed by atoms with Crippen LogP contribution in [0.25, 0.3) is 0 Å². The van der Waals surface area contributed by atoms with Gasteiger partial charge in [0.15, 0.2) is 0 Å². The number of benzene rings is 1. The molecule has 2 heterocycles. The highest BCUT2D eigenvalue weighted by atomic mass is 16.1. The highest BCUT2D eigenvalue weighted by molar-refractivity contribution is 5.94. The number of carbonyl (C=O) groups excluding carboxylic acids is 1. The summed E-state index contributed by atoms with van der Waals surface area (Å²) in [5, 5.41) is 3.14. The molecule has 4 heteroatoms. The average molecular weight is 295 g/mol. The standard InChI is InChI=1S/C18H21N3O/c1-14-5-7-15(8-6-14)18(22)20-16-9-12-21(13-10-16)17-4-2-3-11-19-17/h2-8,11,16H,9-10,12-13H2,1H3,(H,20,22). The molecule has 1 aliphatic heterocycles. The van der Waals surface area contributed by atoms with Crippen molar-refractivity contribution >= 4 is 11.7 Å². The van der Waals surface area contributed by atoms with E-state index in [9.17, 15) is 4.79 Å². The Balaban J connectivity index is 1.53. The summed E-state index contributed by atoms with van der Waals surface area (Å²) in [7, 11) is 0. The van der Waals surface area contributed by atoms with Crippen LogP contribution >= 0.6 is 0 Å². The maximum Gasteiger partial charge on any atom is 0.251 e. The van der Waals surface area contributed by atoms with Crippen LogP contribution in [0, 0.1) is 6.92 Å². The number of nitrogens with one attached hydrogen (secondary N) is 1. The largest absolute Gasteiger partial charge is 0.356 e. The molecule has 1 aromatic heterocycles. The molecule has 0 saturated carbocycles. The lowest BCUT2D eigenvalue weighted by atomic mass is 10.0. The number of pyridine rings is 1. The number of rotatable bonds is 3. The SMILES string of the molecule is Cc1ccc(C(=O)NC2CCN(c3ccccn3)CC2)cc1. The third-order valence-corrected chi connectivity index (χ3v) is 4.12. The summed E-state index contributed by atoms with van der Waals surface area (Å²) in [5.41, 5.74) is 1.90. The number of hydrogen-bond acceptors (Lipinski definition) is 3. The Bertz CT molecular complexity index is 617. The van der Waals surface area contributed by atoms with Crippen molar-refractivity contribution in [3.05, 3.63) is 59.8 Å². The Morgan fingerprint density at radius 1 is 1.14 bits per heavy atom. The summed E-state index contributed by atoms with van der Waals surface area (Å²) < 4.78 is 0. The van der Waals surface area contributed by atoms with E-state index in [0.29, 0.717) is 0 Å². The Morgan fingerprint density at radius 2 is 1.86 bits per heavy atom. The van der Waals surface area contributed by atoms with Crippen LogP contribution in [0.3, 0.4) is 0 Å². The molecule has 1 N–H and O–H groups in total. The number of piperidine rings is 1. The monoisotopic (exact) mass is 295 g/mol. The predicted octanol–water partition coefficient (Wildman–Crippen LogP) is 2.79. The van der Waals surface area contributed by atoms with E-state index in [0.717, 1.165) is 37.3 Å². The molecular weight excluding hydrogens is 274 g/mol. The molecule has 0 spiro atoms. The Morgan fingerprint density at radius 3 is 2.50 bits per heavy atom. The van der Waals surface area contributed by atoms with Crippen molar-refractivity contribution in [2.75, 3.05) is 18.0 Å². The maximum atomic E-state index is 12.2. The van der Waals surface area contributed by atoms with Crippen molar-refractivity contribution < 1.29 is 4.79 Å². The van der Waals surface area contributed by atoms with E-state index in [2.05, 4.69) is 15.2 Å². The first kappa shape index (κ1) is 14.6.